The maximum absolute atomic E-state index is 13.6. The number of hydrogen-bond acceptors (Lipinski definition) is 3. The zero-order valence-corrected chi connectivity index (χ0v) is 12.1. The molecule has 0 unspecified atom stereocenters. The molecule has 0 aromatic heterocycles. The zero-order valence-electron chi connectivity index (χ0n) is 12.1. The first-order valence-corrected chi connectivity index (χ1v) is 6.79. The van der Waals surface area contributed by atoms with E-state index in [-0.39, 0.29) is 30.4 Å². The SMILES string of the molecule is Cc1c(F)cccc1C(=O)N1C[C@H](N(C)C)C[C@H]1CO. The largest absolute Gasteiger partial charge is 0.394 e. The van der Waals surface area contributed by atoms with Gasteiger partial charge in [0, 0.05) is 18.2 Å². The van der Waals surface area contributed by atoms with Gasteiger partial charge in [0.15, 0.2) is 0 Å². The van der Waals surface area contributed by atoms with E-state index < -0.39 is 0 Å². The number of carbonyl (C=O) groups excluding carboxylic acids is 1. The van der Waals surface area contributed by atoms with Crippen LogP contribution in [0.5, 0.6) is 0 Å². The molecule has 1 N–H and O–H groups in total. The van der Waals surface area contributed by atoms with Crippen LogP contribution in [0.15, 0.2) is 18.2 Å². The molecule has 5 heteroatoms. The molecule has 1 amide bonds. The van der Waals surface area contributed by atoms with E-state index in [0.29, 0.717) is 17.7 Å². The third-order valence-electron chi connectivity index (χ3n) is 4.09. The molecule has 2 atom stereocenters. The molecule has 2 rings (SSSR count). The summed E-state index contributed by atoms with van der Waals surface area (Å²) < 4.78 is 13.6. The van der Waals surface area contributed by atoms with Crippen LogP contribution in [-0.4, -0.2) is 60.1 Å². The Hall–Kier alpha value is -1.46. The molecule has 0 spiro atoms. The van der Waals surface area contributed by atoms with E-state index in [2.05, 4.69) is 0 Å². The van der Waals surface area contributed by atoms with Crippen molar-refractivity contribution in [2.24, 2.45) is 0 Å². The van der Waals surface area contributed by atoms with E-state index in [0.717, 1.165) is 6.42 Å². The highest BCUT2D eigenvalue weighted by Gasteiger charge is 2.36. The fraction of sp³-hybridized carbons (Fsp3) is 0.533. The van der Waals surface area contributed by atoms with Crippen LogP contribution in [0.2, 0.25) is 0 Å². The Kier molecular flexibility index (Phi) is 4.40. The smallest absolute Gasteiger partial charge is 0.254 e. The summed E-state index contributed by atoms with van der Waals surface area (Å²) in [5.74, 6) is -0.579. The minimum Gasteiger partial charge on any atom is -0.394 e. The number of hydrogen-bond donors (Lipinski definition) is 1. The van der Waals surface area contributed by atoms with Gasteiger partial charge in [-0.1, -0.05) is 6.07 Å². The average molecular weight is 280 g/mol. The summed E-state index contributed by atoms with van der Waals surface area (Å²) in [6.07, 6.45) is 0.740. The maximum Gasteiger partial charge on any atom is 0.254 e. The first kappa shape index (κ1) is 14.9. The highest BCUT2D eigenvalue weighted by atomic mass is 19.1. The summed E-state index contributed by atoms with van der Waals surface area (Å²) in [6.45, 7) is 2.10. The van der Waals surface area contributed by atoms with Crippen LogP contribution < -0.4 is 0 Å². The summed E-state index contributed by atoms with van der Waals surface area (Å²) in [4.78, 5) is 16.3. The Morgan fingerprint density at radius 3 is 2.80 bits per heavy atom. The van der Waals surface area contributed by atoms with Crippen LogP contribution in [0.1, 0.15) is 22.3 Å². The lowest BCUT2D eigenvalue weighted by Crippen LogP contribution is -2.39. The van der Waals surface area contributed by atoms with Gasteiger partial charge in [0.05, 0.1) is 12.6 Å². The highest BCUT2D eigenvalue weighted by Crippen LogP contribution is 2.24. The molecular weight excluding hydrogens is 259 g/mol. The minimum absolute atomic E-state index is 0.0650. The van der Waals surface area contributed by atoms with E-state index in [9.17, 15) is 14.3 Å². The van der Waals surface area contributed by atoms with Gasteiger partial charge in [0.25, 0.3) is 5.91 Å². The highest BCUT2D eigenvalue weighted by molar-refractivity contribution is 5.96. The summed E-state index contributed by atoms with van der Waals surface area (Å²) in [7, 11) is 3.92. The van der Waals surface area contributed by atoms with Crippen molar-refractivity contribution in [1.82, 2.24) is 9.80 Å². The van der Waals surface area contributed by atoms with Gasteiger partial charge in [0.2, 0.25) is 0 Å². The number of aliphatic hydroxyl groups excluding tert-OH is 1. The molecule has 110 valence electrons. The second-order valence-corrected chi connectivity index (χ2v) is 5.56. The topological polar surface area (TPSA) is 43.8 Å². The molecule has 1 aromatic carbocycles. The standard InChI is InChI=1S/C15H21FN2O2/c1-10-13(5-4-6-14(10)16)15(20)18-8-11(17(2)3)7-12(18)9-19/h4-6,11-12,19H,7-9H2,1-3H3/t11-,12+/m1/s1. The third kappa shape index (κ3) is 2.69. The number of halogens is 1. The molecule has 4 nitrogen and oxygen atoms in total. The second kappa shape index (κ2) is 5.89. The number of rotatable bonds is 3. The number of benzene rings is 1. The molecule has 0 saturated carbocycles. The fourth-order valence-electron chi connectivity index (χ4n) is 2.68. The van der Waals surface area contributed by atoms with Crippen molar-refractivity contribution < 1.29 is 14.3 Å². The monoisotopic (exact) mass is 280 g/mol. The Morgan fingerprint density at radius 1 is 1.50 bits per heavy atom. The second-order valence-electron chi connectivity index (χ2n) is 5.56. The van der Waals surface area contributed by atoms with Crippen molar-refractivity contribution in [3.8, 4) is 0 Å². The van der Waals surface area contributed by atoms with Gasteiger partial charge in [0.1, 0.15) is 5.82 Å². The number of carbonyl (C=O) groups is 1. The first-order chi connectivity index (χ1) is 9.45. The van der Waals surface area contributed by atoms with Crippen molar-refractivity contribution in [2.45, 2.75) is 25.4 Å². The molecule has 1 saturated heterocycles. The van der Waals surface area contributed by atoms with Crippen LogP contribution in [0.4, 0.5) is 4.39 Å². The van der Waals surface area contributed by atoms with Gasteiger partial charge >= 0.3 is 0 Å². The molecule has 0 bridgehead atoms. The Balaban J connectivity index is 2.26. The zero-order chi connectivity index (χ0) is 14.9. The number of nitrogens with zero attached hydrogens (tertiary/aromatic N) is 2. The molecule has 1 aliphatic heterocycles. The summed E-state index contributed by atoms with van der Waals surface area (Å²) in [6, 6.07) is 4.56. The number of aliphatic hydroxyl groups is 1. The van der Waals surface area contributed by atoms with Gasteiger partial charge in [-0.2, -0.15) is 0 Å². The summed E-state index contributed by atoms with van der Waals surface area (Å²) >= 11 is 0. The first-order valence-electron chi connectivity index (χ1n) is 6.79. The van der Waals surface area contributed by atoms with E-state index >= 15 is 0 Å². The van der Waals surface area contributed by atoms with Gasteiger partial charge < -0.3 is 14.9 Å². The summed E-state index contributed by atoms with van der Waals surface area (Å²) in [5, 5.41) is 9.47. The lowest BCUT2D eigenvalue weighted by atomic mass is 10.1. The van der Waals surface area contributed by atoms with E-state index in [1.807, 2.05) is 19.0 Å². The normalized spacial score (nSPS) is 22.6. The predicted molar refractivity (Wildman–Crippen MR) is 75.1 cm³/mol. The van der Waals surface area contributed by atoms with Crippen molar-refractivity contribution >= 4 is 5.91 Å². The Morgan fingerprint density at radius 2 is 2.20 bits per heavy atom. The van der Waals surface area contributed by atoms with Crippen molar-refractivity contribution in [3.63, 3.8) is 0 Å². The average Bonchev–Trinajstić information content (AvgIpc) is 2.85. The van der Waals surface area contributed by atoms with Crippen LogP contribution in [-0.2, 0) is 0 Å². The van der Waals surface area contributed by atoms with Crippen LogP contribution in [0, 0.1) is 12.7 Å². The van der Waals surface area contributed by atoms with Crippen molar-refractivity contribution in [3.05, 3.63) is 35.1 Å². The molecule has 0 aliphatic carbocycles. The van der Waals surface area contributed by atoms with Crippen LogP contribution in [0.25, 0.3) is 0 Å². The van der Waals surface area contributed by atoms with E-state index in [1.54, 1.807) is 24.0 Å². The van der Waals surface area contributed by atoms with Gasteiger partial charge in [-0.05, 0) is 45.1 Å². The minimum atomic E-state index is -0.375. The maximum atomic E-state index is 13.6. The van der Waals surface area contributed by atoms with E-state index in [4.69, 9.17) is 0 Å². The molecular formula is C15H21FN2O2. The molecule has 1 aromatic rings. The van der Waals surface area contributed by atoms with E-state index in [1.165, 1.54) is 6.07 Å². The van der Waals surface area contributed by atoms with Crippen molar-refractivity contribution in [1.29, 1.82) is 0 Å². The number of amides is 1. The number of likely N-dealkylation sites (N-methyl/N-ethyl adjacent to an activating group) is 1. The van der Waals surface area contributed by atoms with Crippen LogP contribution >= 0.6 is 0 Å². The van der Waals surface area contributed by atoms with Gasteiger partial charge in [-0.15, -0.1) is 0 Å². The Labute approximate surface area is 118 Å². The number of likely N-dealkylation sites (tertiary alicyclic amines) is 1. The lowest BCUT2D eigenvalue weighted by Gasteiger charge is -2.24. The van der Waals surface area contributed by atoms with Crippen LogP contribution in [0.3, 0.4) is 0 Å². The Bertz CT molecular complexity index is 505. The molecule has 20 heavy (non-hydrogen) atoms. The lowest BCUT2D eigenvalue weighted by molar-refractivity contribution is 0.0672. The fourth-order valence-corrected chi connectivity index (χ4v) is 2.68. The molecule has 1 heterocycles. The third-order valence-corrected chi connectivity index (χ3v) is 4.09. The molecule has 1 aliphatic rings. The van der Waals surface area contributed by atoms with Gasteiger partial charge in [-0.3, -0.25) is 4.79 Å². The molecule has 1 fully saturated rings. The quantitative estimate of drug-likeness (QED) is 0.907. The predicted octanol–water partition coefficient (Wildman–Crippen LogP) is 1.27. The van der Waals surface area contributed by atoms with Crippen molar-refractivity contribution in [2.75, 3.05) is 27.2 Å². The summed E-state index contributed by atoms with van der Waals surface area (Å²) in [5.41, 5.74) is 0.741. The molecule has 0 radical (unpaired) electrons. The van der Waals surface area contributed by atoms with Gasteiger partial charge in [-0.25, -0.2) is 4.39 Å².